The van der Waals surface area contributed by atoms with Crippen LogP contribution in [-0.2, 0) is 10.0 Å². The molecule has 0 radical (unpaired) electrons. The predicted octanol–water partition coefficient (Wildman–Crippen LogP) is 3.48. The summed E-state index contributed by atoms with van der Waals surface area (Å²) in [5.74, 6) is 0. The zero-order chi connectivity index (χ0) is 19.3. The fraction of sp³-hybridized carbons (Fsp3) is 0.368. The lowest BCUT2D eigenvalue weighted by molar-refractivity contribution is 0.255. The lowest BCUT2D eigenvalue weighted by Gasteiger charge is -2.36. The van der Waals surface area contributed by atoms with Crippen molar-refractivity contribution in [3.8, 4) is 0 Å². The number of hydrogen-bond donors (Lipinski definition) is 1. The molecule has 1 aliphatic heterocycles. The first-order valence-electron chi connectivity index (χ1n) is 8.92. The molecule has 5 nitrogen and oxygen atoms in total. The minimum atomic E-state index is -3.47. The first kappa shape index (κ1) is 20.4. The van der Waals surface area contributed by atoms with Crippen LogP contribution >= 0.6 is 23.2 Å². The molecule has 0 aromatic heterocycles. The molecule has 2 aromatic carbocycles. The Morgan fingerprint density at radius 1 is 0.852 bits per heavy atom. The summed E-state index contributed by atoms with van der Waals surface area (Å²) in [6.07, 6.45) is 0.772. The van der Waals surface area contributed by atoms with Crippen LogP contribution in [0.15, 0.2) is 53.4 Å². The van der Waals surface area contributed by atoms with E-state index in [-0.39, 0.29) is 4.90 Å². The van der Waals surface area contributed by atoms with Gasteiger partial charge < -0.3 is 4.90 Å². The molecular formula is C19H23Cl2N3O2S. The molecule has 0 bridgehead atoms. The van der Waals surface area contributed by atoms with Crippen LogP contribution in [0.2, 0.25) is 10.0 Å². The van der Waals surface area contributed by atoms with E-state index in [0.717, 1.165) is 44.2 Å². The monoisotopic (exact) mass is 427 g/mol. The molecule has 0 saturated carbocycles. The van der Waals surface area contributed by atoms with Crippen molar-refractivity contribution in [3.05, 3.63) is 58.6 Å². The second-order valence-corrected chi connectivity index (χ2v) is 9.15. The minimum absolute atomic E-state index is 0.239. The molecule has 2 aromatic rings. The van der Waals surface area contributed by atoms with Crippen molar-refractivity contribution in [1.82, 2.24) is 9.62 Å². The van der Waals surface area contributed by atoms with Gasteiger partial charge in [0.1, 0.15) is 0 Å². The molecule has 1 saturated heterocycles. The van der Waals surface area contributed by atoms with Crippen LogP contribution in [0, 0.1) is 0 Å². The first-order valence-corrected chi connectivity index (χ1v) is 11.2. The lowest BCUT2D eigenvalue weighted by atomic mass is 10.2. The molecule has 27 heavy (non-hydrogen) atoms. The summed E-state index contributed by atoms with van der Waals surface area (Å²) in [5.41, 5.74) is 1.19. The number of nitrogens with zero attached hydrogens (tertiary/aromatic N) is 2. The average molecular weight is 428 g/mol. The predicted molar refractivity (Wildman–Crippen MR) is 111 cm³/mol. The van der Waals surface area contributed by atoms with Gasteiger partial charge in [-0.05, 0) is 61.5 Å². The lowest BCUT2D eigenvalue weighted by Crippen LogP contribution is -2.47. The molecule has 3 rings (SSSR count). The van der Waals surface area contributed by atoms with Gasteiger partial charge >= 0.3 is 0 Å². The highest BCUT2D eigenvalue weighted by molar-refractivity contribution is 7.89. The molecule has 1 aliphatic rings. The fourth-order valence-corrected chi connectivity index (χ4v) is 4.41. The van der Waals surface area contributed by atoms with E-state index < -0.39 is 10.0 Å². The van der Waals surface area contributed by atoms with Crippen LogP contribution in [0.5, 0.6) is 0 Å². The van der Waals surface area contributed by atoms with Crippen LogP contribution in [0.3, 0.4) is 0 Å². The van der Waals surface area contributed by atoms with Crippen molar-refractivity contribution in [2.45, 2.75) is 11.3 Å². The maximum absolute atomic E-state index is 12.2. The van der Waals surface area contributed by atoms with Crippen molar-refractivity contribution in [1.29, 1.82) is 0 Å². The third-order valence-electron chi connectivity index (χ3n) is 4.63. The molecule has 0 atom stereocenters. The van der Waals surface area contributed by atoms with Gasteiger partial charge in [-0.3, -0.25) is 4.90 Å². The minimum Gasteiger partial charge on any atom is -0.369 e. The quantitative estimate of drug-likeness (QED) is 0.687. The van der Waals surface area contributed by atoms with Gasteiger partial charge in [-0.25, -0.2) is 13.1 Å². The van der Waals surface area contributed by atoms with E-state index in [2.05, 4.69) is 14.5 Å². The van der Waals surface area contributed by atoms with Crippen molar-refractivity contribution in [2.75, 3.05) is 44.2 Å². The van der Waals surface area contributed by atoms with Gasteiger partial charge in [0.25, 0.3) is 0 Å². The van der Waals surface area contributed by atoms with E-state index in [1.165, 1.54) is 17.8 Å². The van der Waals surface area contributed by atoms with Gasteiger partial charge in [0.05, 0.1) is 4.90 Å². The molecular weight excluding hydrogens is 405 g/mol. The van der Waals surface area contributed by atoms with Gasteiger partial charge in [0, 0.05) is 48.5 Å². The summed E-state index contributed by atoms with van der Waals surface area (Å²) in [5, 5.41) is 1.27. The number of nitrogens with one attached hydrogen (secondary N) is 1. The number of anilines is 1. The van der Waals surface area contributed by atoms with E-state index in [1.54, 1.807) is 12.1 Å². The highest BCUT2D eigenvalue weighted by atomic mass is 35.5. The van der Waals surface area contributed by atoms with E-state index in [0.29, 0.717) is 11.6 Å². The Labute approximate surface area is 170 Å². The number of sulfonamides is 1. The Morgan fingerprint density at radius 2 is 1.41 bits per heavy atom. The highest BCUT2D eigenvalue weighted by Crippen LogP contribution is 2.19. The van der Waals surface area contributed by atoms with Crippen LogP contribution < -0.4 is 9.62 Å². The van der Waals surface area contributed by atoms with E-state index >= 15 is 0 Å². The normalized spacial score (nSPS) is 15.9. The van der Waals surface area contributed by atoms with E-state index in [4.69, 9.17) is 23.2 Å². The molecule has 8 heteroatoms. The van der Waals surface area contributed by atoms with Crippen LogP contribution in [-0.4, -0.2) is 52.6 Å². The van der Waals surface area contributed by atoms with Gasteiger partial charge in [-0.2, -0.15) is 0 Å². The Balaban J connectivity index is 1.39. The maximum Gasteiger partial charge on any atom is 0.240 e. The van der Waals surface area contributed by atoms with Crippen molar-refractivity contribution >= 4 is 38.9 Å². The van der Waals surface area contributed by atoms with Gasteiger partial charge in [0.2, 0.25) is 10.0 Å². The third-order valence-corrected chi connectivity index (χ3v) is 6.61. The van der Waals surface area contributed by atoms with Crippen molar-refractivity contribution < 1.29 is 8.42 Å². The fourth-order valence-electron chi connectivity index (χ4n) is 3.09. The second-order valence-electron chi connectivity index (χ2n) is 6.51. The largest absolute Gasteiger partial charge is 0.369 e. The molecule has 1 fully saturated rings. The van der Waals surface area contributed by atoms with Crippen LogP contribution in [0.25, 0.3) is 0 Å². The molecule has 0 aliphatic carbocycles. The van der Waals surface area contributed by atoms with Crippen molar-refractivity contribution in [2.24, 2.45) is 0 Å². The number of hydrogen-bond acceptors (Lipinski definition) is 4. The van der Waals surface area contributed by atoms with Gasteiger partial charge in [-0.15, -0.1) is 0 Å². The molecule has 0 amide bonds. The van der Waals surface area contributed by atoms with Crippen LogP contribution in [0.4, 0.5) is 5.69 Å². The zero-order valence-electron chi connectivity index (χ0n) is 14.9. The molecule has 1 heterocycles. The summed E-state index contributed by atoms with van der Waals surface area (Å²) in [6, 6.07) is 14.1. The molecule has 0 spiro atoms. The van der Waals surface area contributed by atoms with E-state index in [9.17, 15) is 8.42 Å². The number of halogens is 2. The second kappa shape index (κ2) is 9.26. The smallest absolute Gasteiger partial charge is 0.240 e. The summed E-state index contributed by atoms with van der Waals surface area (Å²) in [6.45, 7) is 5.13. The Hall–Kier alpha value is -1.31. The average Bonchev–Trinajstić information content (AvgIpc) is 2.67. The zero-order valence-corrected chi connectivity index (χ0v) is 17.3. The van der Waals surface area contributed by atoms with Gasteiger partial charge in [0.15, 0.2) is 0 Å². The van der Waals surface area contributed by atoms with Crippen LogP contribution in [0.1, 0.15) is 6.42 Å². The maximum atomic E-state index is 12.2. The summed E-state index contributed by atoms with van der Waals surface area (Å²) in [7, 11) is -3.47. The summed E-state index contributed by atoms with van der Waals surface area (Å²) in [4.78, 5) is 4.95. The Bertz CT molecular complexity index is 834. The number of piperazine rings is 1. The summed E-state index contributed by atoms with van der Waals surface area (Å²) >= 11 is 11.7. The summed E-state index contributed by atoms with van der Waals surface area (Å²) < 4.78 is 27.1. The molecule has 0 unspecified atom stereocenters. The topological polar surface area (TPSA) is 52.7 Å². The highest BCUT2D eigenvalue weighted by Gasteiger charge is 2.17. The standard InChI is InChI=1S/C19H23Cl2N3O2S/c20-16-2-6-18(7-3-16)24-14-12-23(13-15-24)11-1-10-22-27(25,26)19-8-4-17(21)5-9-19/h2-9,22H,1,10-15H2. The SMILES string of the molecule is O=S(=O)(NCCCN1CCN(c2ccc(Cl)cc2)CC1)c1ccc(Cl)cc1. The molecule has 1 N–H and O–H groups in total. The Morgan fingerprint density at radius 3 is 2.00 bits per heavy atom. The first-order chi connectivity index (χ1) is 12.9. The van der Waals surface area contributed by atoms with Gasteiger partial charge in [-0.1, -0.05) is 23.2 Å². The third kappa shape index (κ3) is 5.83. The Kier molecular flexibility index (Phi) is 7.00. The van der Waals surface area contributed by atoms with E-state index in [1.807, 2.05) is 24.3 Å². The number of benzene rings is 2. The van der Waals surface area contributed by atoms with Crippen molar-refractivity contribution in [3.63, 3.8) is 0 Å². The molecule has 146 valence electrons. The number of rotatable bonds is 7.